The van der Waals surface area contributed by atoms with E-state index < -0.39 is 4.92 Å². The van der Waals surface area contributed by atoms with E-state index in [1.165, 1.54) is 6.07 Å². The van der Waals surface area contributed by atoms with Gasteiger partial charge in [0.25, 0.3) is 5.69 Å². The highest BCUT2D eigenvalue weighted by atomic mass is 16.6. The number of hydrogen-bond donors (Lipinski definition) is 1. The summed E-state index contributed by atoms with van der Waals surface area (Å²) in [5.74, 6) is 0.109. The fourth-order valence-corrected chi connectivity index (χ4v) is 2.96. The molecule has 23 heavy (non-hydrogen) atoms. The summed E-state index contributed by atoms with van der Waals surface area (Å²) in [6, 6.07) is 4.83. The number of amides is 1. The molecular weight excluding hydrogens is 298 g/mol. The van der Waals surface area contributed by atoms with Crippen molar-refractivity contribution < 1.29 is 14.5 Å². The van der Waals surface area contributed by atoms with Gasteiger partial charge >= 0.3 is 0 Å². The van der Waals surface area contributed by atoms with E-state index in [-0.39, 0.29) is 24.1 Å². The van der Waals surface area contributed by atoms with Gasteiger partial charge in [0.2, 0.25) is 5.91 Å². The molecule has 0 spiro atoms. The van der Waals surface area contributed by atoms with Crippen molar-refractivity contribution in [1.29, 1.82) is 0 Å². The summed E-state index contributed by atoms with van der Waals surface area (Å²) in [4.78, 5) is 24.3. The average molecular weight is 321 g/mol. The van der Waals surface area contributed by atoms with E-state index in [9.17, 15) is 14.9 Å². The van der Waals surface area contributed by atoms with Crippen LogP contribution in [0.4, 0.5) is 11.4 Å². The maximum absolute atomic E-state index is 11.5. The number of anilines is 1. The molecule has 1 aliphatic heterocycles. The summed E-state index contributed by atoms with van der Waals surface area (Å²) in [6.07, 6.45) is 3.81. The monoisotopic (exact) mass is 321 g/mol. The van der Waals surface area contributed by atoms with Crippen LogP contribution in [0.15, 0.2) is 18.2 Å². The van der Waals surface area contributed by atoms with Crippen LogP contribution in [0.25, 0.3) is 0 Å². The molecular formula is C16H23N3O4. The second-order valence-electron chi connectivity index (χ2n) is 5.77. The Labute approximate surface area is 135 Å². The van der Waals surface area contributed by atoms with Crippen LogP contribution >= 0.6 is 0 Å². The number of rotatable bonds is 7. The van der Waals surface area contributed by atoms with Crippen molar-refractivity contribution >= 4 is 17.3 Å². The third-order valence-electron chi connectivity index (χ3n) is 3.99. The standard InChI is InChI=1S/C16H23N3O4/c1-2-9-23-13-6-7-14(15(11-13)19(21)22)18-8-4-3-5-12(18)10-16(17)20/h6-7,11-12H,2-5,8-10H2,1H3,(H2,17,20). The third-order valence-corrected chi connectivity index (χ3v) is 3.99. The molecule has 1 aliphatic rings. The first kappa shape index (κ1) is 17.1. The van der Waals surface area contributed by atoms with Crippen LogP contribution in [-0.4, -0.2) is 30.0 Å². The van der Waals surface area contributed by atoms with Crippen molar-refractivity contribution in [3.8, 4) is 5.75 Å². The molecule has 1 saturated heterocycles. The van der Waals surface area contributed by atoms with Crippen LogP contribution < -0.4 is 15.4 Å². The fraction of sp³-hybridized carbons (Fsp3) is 0.562. The minimum atomic E-state index is -0.399. The highest BCUT2D eigenvalue weighted by Gasteiger charge is 2.29. The second-order valence-corrected chi connectivity index (χ2v) is 5.77. The molecule has 0 aromatic heterocycles. The Bertz CT molecular complexity index is 576. The van der Waals surface area contributed by atoms with Gasteiger partial charge in [-0.3, -0.25) is 14.9 Å². The summed E-state index contributed by atoms with van der Waals surface area (Å²) in [5, 5.41) is 11.5. The SMILES string of the molecule is CCCOc1ccc(N2CCCCC2CC(N)=O)c([N+](=O)[O-])c1. The molecule has 0 aliphatic carbocycles. The Hall–Kier alpha value is -2.31. The first-order chi connectivity index (χ1) is 11.0. The topological polar surface area (TPSA) is 98.7 Å². The predicted octanol–water partition coefficient (Wildman–Crippen LogP) is 2.62. The van der Waals surface area contributed by atoms with Crippen LogP contribution in [-0.2, 0) is 4.79 Å². The lowest BCUT2D eigenvalue weighted by molar-refractivity contribution is -0.384. The molecule has 1 unspecified atom stereocenters. The van der Waals surface area contributed by atoms with Crippen molar-refractivity contribution in [2.75, 3.05) is 18.1 Å². The van der Waals surface area contributed by atoms with Crippen LogP contribution in [0.1, 0.15) is 39.0 Å². The van der Waals surface area contributed by atoms with Gasteiger partial charge in [-0.25, -0.2) is 0 Å². The number of primary amides is 1. The Morgan fingerprint density at radius 1 is 1.48 bits per heavy atom. The average Bonchev–Trinajstić information content (AvgIpc) is 2.52. The zero-order valence-corrected chi connectivity index (χ0v) is 13.4. The highest BCUT2D eigenvalue weighted by molar-refractivity contribution is 5.76. The van der Waals surface area contributed by atoms with E-state index >= 15 is 0 Å². The molecule has 1 atom stereocenters. The predicted molar refractivity (Wildman–Crippen MR) is 87.7 cm³/mol. The van der Waals surface area contributed by atoms with Crippen molar-refractivity contribution in [3.63, 3.8) is 0 Å². The van der Waals surface area contributed by atoms with Gasteiger partial charge < -0.3 is 15.4 Å². The van der Waals surface area contributed by atoms with E-state index in [4.69, 9.17) is 10.5 Å². The molecule has 1 fully saturated rings. The van der Waals surface area contributed by atoms with E-state index in [2.05, 4.69) is 0 Å². The van der Waals surface area contributed by atoms with Crippen molar-refractivity contribution in [3.05, 3.63) is 28.3 Å². The maximum Gasteiger partial charge on any atom is 0.296 e. The number of nitrogens with two attached hydrogens (primary N) is 1. The van der Waals surface area contributed by atoms with Gasteiger partial charge in [0.1, 0.15) is 11.4 Å². The van der Waals surface area contributed by atoms with E-state index in [0.717, 1.165) is 25.7 Å². The smallest absolute Gasteiger partial charge is 0.296 e. The fourth-order valence-electron chi connectivity index (χ4n) is 2.96. The van der Waals surface area contributed by atoms with Gasteiger partial charge in [-0.1, -0.05) is 6.92 Å². The number of carbonyl (C=O) groups is 1. The van der Waals surface area contributed by atoms with Crippen molar-refractivity contribution in [2.24, 2.45) is 5.73 Å². The van der Waals surface area contributed by atoms with E-state index in [0.29, 0.717) is 24.6 Å². The number of piperidine rings is 1. The third kappa shape index (κ3) is 4.34. The van der Waals surface area contributed by atoms with E-state index in [1.54, 1.807) is 12.1 Å². The molecule has 0 bridgehead atoms. The molecule has 1 amide bonds. The second kappa shape index (κ2) is 7.80. The molecule has 126 valence electrons. The Kier molecular flexibility index (Phi) is 5.78. The number of ether oxygens (including phenoxy) is 1. The largest absolute Gasteiger partial charge is 0.493 e. The van der Waals surface area contributed by atoms with Gasteiger partial charge in [0, 0.05) is 19.0 Å². The number of benzene rings is 1. The first-order valence-electron chi connectivity index (χ1n) is 7.99. The summed E-state index contributed by atoms with van der Waals surface area (Å²) in [5.41, 5.74) is 5.86. The van der Waals surface area contributed by atoms with Crippen molar-refractivity contribution in [1.82, 2.24) is 0 Å². The summed E-state index contributed by atoms with van der Waals surface area (Å²) in [6.45, 7) is 3.18. The Balaban J connectivity index is 2.31. The lowest BCUT2D eigenvalue weighted by Gasteiger charge is -2.36. The highest BCUT2D eigenvalue weighted by Crippen LogP contribution is 2.36. The molecule has 1 aromatic carbocycles. The Morgan fingerprint density at radius 3 is 2.91 bits per heavy atom. The van der Waals surface area contributed by atoms with Crippen LogP contribution in [0.2, 0.25) is 0 Å². The zero-order chi connectivity index (χ0) is 16.8. The number of nitro benzene ring substituents is 1. The summed E-state index contributed by atoms with van der Waals surface area (Å²) >= 11 is 0. The molecule has 2 N–H and O–H groups in total. The number of carbonyl (C=O) groups excluding carboxylic acids is 1. The lowest BCUT2D eigenvalue weighted by Crippen LogP contribution is -2.42. The quantitative estimate of drug-likeness (QED) is 0.615. The summed E-state index contributed by atoms with van der Waals surface area (Å²) < 4.78 is 5.48. The Morgan fingerprint density at radius 2 is 2.26 bits per heavy atom. The zero-order valence-electron chi connectivity index (χ0n) is 13.4. The molecule has 7 heteroatoms. The molecule has 1 aromatic rings. The minimum Gasteiger partial charge on any atom is -0.493 e. The molecule has 7 nitrogen and oxygen atoms in total. The molecule has 0 saturated carbocycles. The first-order valence-corrected chi connectivity index (χ1v) is 7.99. The van der Waals surface area contributed by atoms with Gasteiger partial charge in [-0.15, -0.1) is 0 Å². The van der Waals surface area contributed by atoms with E-state index in [1.807, 2.05) is 11.8 Å². The van der Waals surface area contributed by atoms with Crippen LogP contribution in [0.3, 0.4) is 0 Å². The number of nitro groups is 1. The van der Waals surface area contributed by atoms with Crippen molar-refractivity contribution in [2.45, 2.75) is 45.1 Å². The maximum atomic E-state index is 11.5. The molecule has 2 rings (SSSR count). The molecule has 0 radical (unpaired) electrons. The normalized spacial score (nSPS) is 17.8. The van der Waals surface area contributed by atoms with Gasteiger partial charge in [0.05, 0.1) is 17.6 Å². The number of hydrogen-bond acceptors (Lipinski definition) is 5. The van der Waals surface area contributed by atoms with Gasteiger partial charge in [0.15, 0.2) is 0 Å². The number of nitrogens with zero attached hydrogens (tertiary/aromatic N) is 2. The summed E-state index contributed by atoms with van der Waals surface area (Å²) in [7, 11) is 0. The lowest BCUT2D eigenvalue weighted by atomic mass is 9.98. The van der Waals surface area contributed by atoms with Gasteiger partial charge in [-0.05, 0) is 37.8 Å². The van der Waals surface area contributed by atoms with Crippen LogP contribution in [0, 0.1) is 10.1 Å². The van der Waals surface area contributed by atoms with Crippen LogP contribution in [0.5, 0.6) is 5.75 Å². The van der Waals surface area contributed by atoms with Gasteiger partial charge in [-0.2, -0.15) is 0 Å². The molecule has 1 heterocycles. The minimum absolute atomic E-state index is 0.00923.